The van der Waals surface area contributed by atoms with Crippen molar-refractivity contribution in [2.75, 3.05) is 18.1 Å². The average Bonchev–Trinajstić information content (AvgIpc) is 2.21. The quantitative estimate of drug-likeness (QED) is 0.731. The molecule has 1 aromatic carbocycles. The molecule has 0 saturated carbocycles. The number of hydrogen-bond donors (Lipinski definition) is 3. The van der Waals surface area contributed by atoms with Gasteiger partial charge in [-0.25, -0.2) is 0 Å². The van der Waals surface area contributed by atoms with E-state index in [1.165, 1.54) is 0 Å². The molecule has 0 fully saturated rings. The zero-order valence-electron chi connectivity index (χ0n) is 8.97. The molecule has 0 aromatic heterocycles. The van der Waals surface area contributed by atoms with Gasteiger partial charge < -0.3 is 16.4 Å². The van der Waals surface area contributed by atoms with E-state index >= 15 is 0 Å². The van der Waals surface area contributed by atoms with Gasteiger partial charge in [-0.2, -0.15) is 0 Å². The van der Waals surface area contributed by atoms with Crippen molar-refractivity contribution in [3.8, 4) is 0 Å². The average molecular weight is 262 g/mol. The second-order valence-corrected chi connectivity index (χ2v) is 4.15. The van der Waals surface area contributed by atoms with Crippen molar-refractivity contribution in [3.05, 3.63) is 22.2 Å². The van der Waals surface area contributed by atoms with Crippen LogP contribution in [0.2, 0.25) is 10.0 Å². The third-order valence-corrected chi connectivity index (χ3v) is 2.66. The molecule has 1 amide bonds. The molecular formula is C10H13Cl2N3O. The molecule has 0 aliphatic rings. The molecule has 16 heavy (non-hydrogen) atoms. The van der Waals surface area contributed by atoms with Crippen molar-refractivity contribution >= 4 is 40.5 Å². The van der Waals surface area contributed by atoms with Crippen molar-refractivity contribution < 1.29 is 4.79 Å². The summed E-state index contributed by atoms with van der Waals surface area (Å²) in [6.07, 6.45) is 0. The van der Waals surface area contributed by atoms with Gasteiger partial charge in [0.25, 0.3) is 0 Å². The standard InChI is InChI=1S/C10H13Cl2N3O/c1-5(10(16)14-2)15-9-7(11)3-6(13)4-8(9)12/h3-5,15H,13H2,1-2H3,(H,14,16). The largest absolute Gasteiger partial charge is 0.399 e. The van der Waals surface area contributed by atoms with E-state index in [1.54, 1.807) is 26.1 Å². The van der Waals surface area contributed by atoms with Gasteiger partial charge in [-0.3, -0.25) is 4.79 Å². The van der Waals surface area contributed by atoms with Crippen LogP contribution in [0.15, 0.2) is 12.1 Å². The Bertz CT molecular complexity index is 386. The molecule has 1 aromatic rings. The van der Waals surface area contributed by atoms with Gasteiger partial charge in [-0.15, -0.1) is 0 Å². The van der Waals surface area contributed by atoms with E-state index in [2.05, 4.69) is 10.6 Å². The zero-order chi connectivity index (χ0) is 12.3. The SMILES string of the molecule is CNC(=O)C(C)Nc1c(Cl)cc(N)cc1Cl. The molecule has 0 saturated heterocycles. The van der Waals surface area contributed by atoms with Gasteiger partial charge in [0, 0.05) is 12.7 Å². The maximum atomic E-state index is 11.3. The highest BCUT2D eigenvalue weighted by Crippen LogP contribution is 2.33. The number of carbonyl (C=O) groups is 1. The summed E-state index contributed by atoms with van der Waals surface area (Å²) in [6, 6.07) is 2.72. The number of likely N-dealkylation sites (N-methyl/N-ethyl adjacent to an activating group) is 1. The topological polar surface area (TPSA) is 67.2 Å². The maximum Gasteiger partial charge on any atom is 0.241 e. The Kier molecular flexibility index (Phi) is 4.26. The van der Waals surface area contributed by atoms with Crippen LogP contribution in [0.25, 0.3) is 0 Å². The smallest absolute Gasteiger partial charge is 0.241 e. The third-order valence-electron chi connectivity index (χ3n) is 2.06. The number of nitrogens with one attached hydrogen (secondary N) is 2. The van der Waals surface area contributed by atoms with E-state index in [-0.39, 0.29) is 5.91 Å². The van der Waals surface area contributed by atoms with Gasteiger partial charge >= 0.3 is 0 Å². The summed E-state index contributed by atoms with van der Waals surface area (Å²) < 4.78 is 0. The predicted octanol–water partition coefficient (Wildman–Crippen LogP) is 2.12. The molecule has 0 heterocycles. The number of benzene rings is 1. The Balaban J connectivity index is 2.93. The summed E-state index contributed by atoms with van der Waals surface area (Å²) in [5, 5.41) is 6.23. The molecule has 4 N–H and O–H groups in total. The highest BCUT2D eigenvalue weighted by atomic mass is 35.5. The molecule has 1 atom stereocenters. The molecule has 0 aliphatic carbocycles. The molecule has 1 unspecified atom stereocenters. The number of nitrogens with two attached hydrogens (primary N) is 1. The monoisotopic (exact) mass is 261 g/mol. The van der Waals surface area contributed by atoms with Crippen molar-refractivity contribution in [2.24, 2.45) is 0 Å². The second-order valence-electron chi connectivity index (χ2n) is 3.34. The van der Waals surface area contributed by atoms with Crippen molar-refractivity contribution in [3.63, 3.8) is 0 Å². The lowest BCUT2D eigenvalue weighted by molar-refractivity contribution is -0.121. The van der Waals surface area contributed by atoms with Gasteiger partial charge in [-0.1, -0.05) is 23.2 Å². The summed E-state index contributed by atoms with van der Waals surface area (Å²) in [7, 11) is 1.56. The Hall–Kier alpha value is -1.13. The molecule has 1 rings (SSSR count). The number of carbonyl (C=O) groups excluding carboxylic acids is 1. The Morgan fingerprint density at radius 3 is 2.31 bits per heavy atom. The first-order valence-electron chi connectivity index (χ1n) is 4.68. The van der Waals surface area contributed by atoms with Gasteiger partial charge in [0.2, 0.25) is 5.91 Å². The fraction of sp³-hybridized carbons (Fsp3) is 0.300. The van der Waals surface area contributed by atoms with E-state index in [9.17, 15) is 4.79 Å². The molecule has 0 aliphatic heterocycles. The number of rotatable bonds is 3. The number of amides is 1. The summed E-state index contributed by atoms with van der Waals surface area (Å²) in [5.74, 6) is -0.149. The fourth-order valence-corrected chi connectivity index (χ4v) is 1.84. The molecule has 88 valence electrons. The minimum atomic E-state index is -0.427. The number of anilines is 2. The Morgan fingerprint density at radius 2 is 1.88 bits per heavy atom. The third kappa shape index (κ3) is 2.93. The molecule has 6 heteroatoms. The van der Waals surface area contributed by atoms with Crippen LogP contribution < -0.4 is 16.4 Å². The van der Waals surface area contributed by atoms with Gasteiger partial charge in [0.15, 0.2) is 0 Å². The molecule has 0 spiro atoms. The van der Waals surface area contributed by atoms with Crippen LogP contribution in [0.1, 0.15) is 6.92 Å². The highest BCUT2D eigenvalue weighted by molar-refractivity contribution is 6.39. The fourth-order valence-electron chi connectivity index (χ4n) is 1.23. The van der Waals surface area contributed by atoms with E-state index in [4.69, 9.17) is 28.9 Å². The van der Waals surface area contributed by atoms with Gasteiger partial charge in [0.05, 0.1) is 15.7 Å². The van der Waals surface area contributed by atoms with E-state index in [1.807, 2.05) is 0 Å². The lowest BCUT2D eigenvalue weighted by Gasteiger charge is -2.16. The van der Waals surface area contributed by atoms with Crippen LogP contribution in [-0.2, 0) is 4.79 Å². The van der Waals surface area contributed by atoms with E-state index in [0.29, 0.717) is 21.4 Å². The molecule has 0 radical (unpaired) electrons. The van der Waals surface area contributed by atoms with Crippen LogP contribution in [0.3, 0.4) is 0 Å². The van der Waals surface area contributed by atoms with E-state index in [0.717, 1.165) is 0 Å². The Labute approximate surface area is 104 Å². The summed E-state index contributed by atoms with van der Waals surface area (Å²) in [5.41, 5.74) is 6.56. The summed E-state index contributed by atoms with van der Waals surface area (Å²) in [6.45, 7) is 1.71. The van der Waals surface area contributed by atoms with E-state index < -0.39 is 6.04 Å². The minimum Gasteiger partial charge on any atom is -0.399 e. The lowest BCUT2D eigenvalue weighted by Crippen LogP contribution is -2.35. The molecule has 4 nitrogen and oxygen atoms in total. The Morgan fingerprint density at radius 1 is 1.38 bits per heavy atom. The van der Waals surface area contributed by atoms with Crippen LogP contribution in [0.4, 0.5) is 11.4 Å². The van der Waals surface area contributed by atoms with Crippen LogP contribution in [0.5, 0.6) is 0 Å². The highest BCUT2D eigenvalue weighted by Gasteiger charge is 2.14. The van der Waals surface area contributed by atoms with Crippen LogP contribution in [0, 0.1) is 0 Å². The first kappa shape index (κ1) is 12.9. The van der Waals surface area contributed by atoms with Crippen molar-refractivity contribution in [1.82, 2.24) is 5.32 Å². The van der Waals surface area contributed by atoms with Crippen molar-refractivity contribution in [2.45, 2.75) is 13.0 Å². The second kappa shape index (κ2) is 5.27. The van der Waals surface area contributed by atoms with Gasteiger partial charge in [-0.05, 0) is 19.1 Å². The number of halogens is 2. The van der Waals surface area contributed by atoms with Gasteiger partial charge in [0.1, 0.15) is 6.04 Å². The first-order chi connectivity index (χ1) is 7.45. The normalized spacial score (nSPS) is 12.0. The number of nitrogen functional groups attached to an aromatic ring is 1. The first-order valence-corrected chi connectivity index (χ1v) is 5.44. The lowest BCUT2D eigenvalue weighted by atomic mass is 10.2. The summed E-state index contributed by atoms with van der Waals surface area (Å²) >= 11 is 11.9. The number of hydrogen-bond acceptors (Lipinski definition) is 3. The molecule has 0 bridgehead atoms. The molecular weight excluding hydrogens is 249 g/mol. The maximum absolute atomic E-state index is 11.3. The van der Waals surface area contributed by atoms with Crippen LogP contribution in [-0.4, -0.2) is 19.0 Å². The summed E-state index contributed by atoms with van der Waals surface area (Å²) in [4.78, 5) is 11.3. The minimum absolute atomic E-state index is 0.149. The van der Waals surface area contributed by atoms with Crippen molar-refractivity contribution in [1.29, 1.82) is 0 Å². The predicted molar refractivity (Wildman–Crippen MR) is 68.0 cm³/mol. The van der Waals surface area contributed by atoms with Crippen LogP contribution >= 0.6 is 23.2 Å². The zero-order valence-corrected chi connectivity index (χ0v) is 10.5.